The highest BCUT2D eigenvalue weighted by Crippen LogP contribution is 2.36. The third-order valence-corrected chi connectivity index (χ3v) is 5.70. The maximum Gasteiger partial charge on any atom is 0.277 e. The molecule has 1 amide bonds. The van der Waals surface area contributed by atoms with Crippen molar-refractivity contribution in [3.8, 4) is 28.4 Å². The first-order chi connectivity index (χ1) is 16.7. The van der Waals surface area contributed by atoms with E-state index in [2.05, 4.69) is 15.4 Å². The topological polar surface area (TPSA) is 72.4 Å². The fourth-order valence-corrected chi connectivity index (χ4v) is 3.94. The van der Waals surface area contributed by atoms with Gasteiger partial charge in [-0.3, -0.25) is 4.79 Å². The Morgan fingerprint density at radius 2 is 1.62 bits per heavy atom. The second kappa shape index (κ2) is 11.2. The lowest BCUT2D eigenvalue weighted by atomic mass is 10.1. The smallest absolute Gasteiger partial charge is 0.277 e. The molecule has 1 fully saturated rings. The molecule has 7 nitrogen and oxygen atoms in total. The van der Waals surface area contributed by atoms with Crippen LogP contribution in [0.1, 0.15) is 18.4 Å². The minimum absolute atomic E-state index is 0.142. The van der Waals surface area contributed by atoms with E-state index in [0.29, 0.717) is 17.1 Å². The second-order valence-electron chi connectivity index (χ2n) is 7.93. The van der Waals surface area contributed by atoms with Crippen LogP contribution in [-0.4, -0.2) is 46.0 Å². The highest BCUT2D eigenvalue weighted by Gasteiger charge is 2.19. The molecule has 0 aliphatic carbocycles. The molecular formula is C27H29N3O4. The zero-order valence-corrected chi connectivity index (χ0v) is 19.5. The fraction of sp³-hybridized carbons (Fsp3) is 0.259. The molecule has 0 unspecified atom stereocenters. The zero-order valence-electron chi connectivity index (χ0n) is 19.5. The summed E-state index contributed by atoms with van der Waals surface area (Å²) in [6, 6.07) is 21.5. The summed E-state index contributed by atoms with van der Waals surface area (Å²) in [6.45, 7) is 1.85. The van der Waals surface area contributed by atoms with Crippen molar-refractivity contribution in [2.45, 2.75) is 12.8 Å². The van der Waals surface area contributed by atoms with Crippen molar-refractivity contribution in [1.82, 2.24) is 5.43 Å². The Hall–Kier alpha value is -4.00. The third-order valence-electron chi connectivity index (χ3n) is 5.70. The quantitative estimate of drug-likeness (QED) is 0.377. The molecule has 0 aromatic heterocycles. The normalized spacial score (nSPS) is 13.2. The average Bonchev–Trinajstić information content (AvgIpc) is 3.43. The summed E-state index contributed by atoms with van der Waals surface area (Å²) in [4.78, 5) is 14.5. The number of hydrazone groups is 1. The highest BCUT2D eigenvalue weighted by molar-refractivity contribution is 5.88. The largest absolute Gasteiger partial charge is 0.496 e. The van der Waals surface area contributed by atoms with Crippen LogP contribution >= 0.6 is 0 Å². The molecule has 0 radical (unpaired) electrons. The lowest BCUT2D eigenvalue weighted by molar-refractivity contribution is -0.123. The van der Waals surface area contributed by atoms with Gasteiger partial charge in [-0.05, 0) is 42.2 Å². The Balaban J connectivity index is 1.33. The molecule has 4 rings (SSSR count). The second-order valence-corrected chi connectivity index (χ2v) is 7.93. The molecule has 3 aromatic rings. The summed E-state index contributed by atoms with van der Waals surface area (Å²) in [5.41, 5.74) is 6.42. The summed E-state index contributed by atoms with van der Waals surface area (Å²) < 4.78 is 16.7. The van der Waals surface area contributed by atoms with Gasteiger partial charge >= 0.3 is 0 Å². The van der Waals surface area contributed by atoms with E-state index in [1.165, 1.54) is 12.8 Å². The Labute approximate surface area is 200 Å². The van der Waals surface area contributed by atoms with Gasteiger partial charge in [-0.2, -0.15) is 5.10 Å². The molecule has 0 saturated carbocycles. The van der Waals surface area contributed by atoms with Crippen LogP contribution in [0.15, 0.2) is 71.8 Å². The molecule has 1 N–H and O–H groups in total. The van der Waals surface area contributed by atoms with Crippen molar-refractivity contribution >= 4 is 17.8 Å². The van der Waals surface area contributed by atoms with Crippen molar-refractivity contribution in [3.63, 3.8) is 0 Å². The number of hydrogen-bond donors (Lipinski definition) is 1. The number of amides is 1. The van der Waals surface area contributed by atoms with Crippen molar-refractivity contribution in [2.24, 2.45) is 5.10 Å². The lowest BCUT2D eigenvalue weighted by Gasteiger charge is -2.22. The first-order valence-corrected chi connectivity index (χ1v) is 11.3. The summed E-state index contributed by atoms with van der Waals surface area (Å²) in [5, 5.41) is 4.07. The summed E-state index contributed by atoms with van der Waals surface area (Å²) in [5.74, 6) is 1.67. The Kier molecular flexibility index (Phi) is 7.65. The van der Waals surface area contributed by atoms with Crippen LogP contribution in [0.25, 0.3) is 11.1 Å². The number of rotatable bonds is 9. The molecule has 1 aliphatic rings. The van der Waals surface area contributed by atoms with Gasteiger partial charge in [0.15, 0.2) is 6.61 Å². The zero-order chi connectivity index (χ0) is 23.8. The minimum atomic E-state index is -0.358. The predicted molar refractivity (Wildman–Crippen MR) is 134 cm³/mol. The van der Waals surface area contributed by atoms with Crippen molar-refractivity contribution in [1.29, 1.82) is 0 Å². The molecule has 1 heterocycles. The van der Waals surface area contributed by atoms with Gasteiger partial charge in [-0.25, -0.2) is 5.43 Å². The van der Waals surface area contributed by atoms with Gasteiger partial charge in [-0.1, -0.05) is 42.5 Å². The molecule has 34 heavy (non-hydrogen) atoms. The number of carbonyl (C=O) groups is 1. The van der Waals surface area contributed by atoms with E-state index in [1.807, 2.05) is 66.7 Å². The van der Waals surface area contributed by atoms with Gasteiger partial charge in [0.05, 0.1) is 26.1 Å². The summed E-state index contributed by atoms with van der Waals surface area (Å²) in [7, 11) is 3.26. The van der Waals surface area contributed by atoms with Crippen molar-refractivity contribution in [3.05, 3.63) is 72.3 Å². The maximum absolute atomic E-state index is 12.2. The van der Waals surface area contributed by atoms with Crippen LogP contribution in [0.4, 0.5) is 5.69 Å². The SMILES string of the molecule is COc1cc(N2CCCC2)c(OC)cc1/C=N/NC(=O)COc1ccc(-c2ccccc2)cc1. The molecule has 7 heteroatoms. The molecule has 0 atom stereocenters. The van der Waals surface area contributed by atoms with Gasteiger partial charge in [0.25, 0.3) is 5.91 Å². The van der Waals surface area contributed by atoms with E-state index in [0.717, 1.165) is 35.7 Å². The Morgan fingerprint density at radius 3 is 2.29 bits per heavy atom. The number of carbonyl (C=O) groups excluding carboxylic acids is 1. The summed E-state index contributed by atoms with van der Waals surface area (Å²) in [6.07, 6.45) is 3.88. The Morgan fingerprint density at radius 1 is 0.941 bits per heavy atom. The first-order valence-electron chi connectivity index (χ1n) is 11.3. The van der Waals surface area contributed by atoms with Gasteiger partial charge in [-0.15, -0.1) is 0 Å². The predicted octanol–water partition coefficient (Wildman–Crippen LogP) is 4.50. The number of nitrogens with zero attached hydrogens (tertiary/aromatic N) is 2. The minimum Gasteiger partial charge on any atom is -0.496 e. The van der Waals surface area contributed by atoms with Crippen LogP contribution in [0.3, 0.4) is 0 Å². The number of methoxy groups -OCH3 is 2. The van der Waals surface area contributed by atoms with Crippen LogP contribution in [0.5, 0.6) is 17.2 Å². The first kappa shape index (κ1) is 23.2. The van der Waals surface area contributed by atoms with E-state index in [-0.39, 0.29) is 12.5 Å². The maximum atomic E-state index is 12.2. The van der Waals surface area contributed by atoms with E-state index < -0.39 is 0 Å². The molecule has 0 bridgehead atoms. The van der Waals surface area contributed by atoms with Gasteiger partial charge < -0.3 is 19.1 Å². The van der Waals surface area contributed by atoms with Crippen LogP contribution in [-0.2, 0) is 4.79 Å². The number of benzene rings is 3. The van der Waals surface area contributed by atoms with Gasteiger partial charge in [0, 0.05) is 24.7 Å². The van der Waals surface area contributed by atoms with Gasteiger partial charge in [0.1, 0.15) is 17.2 Å². The van der Waals surface area contributed by atoms with Crippen LogP contribution < -0.4 is 24.5 Å². The number of nitrogens with one attached hydrogen (secondary N) is 1. The summed E-state index contributed by atoms with van der Waals surface area (Å²) >= 11 is 0. The fourth-order valence-electron chi connectivity index (χ4n) is 3.94. The molecule has 1 aliphatic heterocycles. The molecular weight excluding hydrogens is 430 g/mol. The molecule has 1 saturated heterocycles. The number of hydrogen-bond acceptors (Lipinski definition) is 6. The number of anilines is 1. The number of ether oxygens (including phenoxy) is 3. The monoisotopic (exact) mass is 459 g/mol. The van der Waals surface area contributed by atoms with E-state index in [1.54, 1.807) is 20.4 Å². The highest BCUT2D eigenvalue weighted by atomic mass is 16.5. The van der Waals surface area contributed by atoms with E-state index in [4.69, 9.17) is 14.2 Å². The van der Waals surface area contributed by atoms with Crippen LogP contribution in [0, 0.1) is 0 Å². The third kappa shape index (κ3) is 5.67. The lowest BCUT2D eigenvalue weighted by Crippen LogP contribution is -2.24. The van der Waals surface area contributed by atoms with Crippen molar-refractivity contribution < 1.29 is 19.0 Å². The average molecular weight is 460 g/mol. The molecule has 3 aromatic carbocycles. The van der Waals surface area contributed by atoms with Crippen LogP contribution in [0.2, 0.25) is 0 Å². The standard InChI is InChI=1S/C27H29N3O4/c1-32-25-17-24(30-14-6-7-15-30)26(33-2)16-22(25)18-28-29-27(31)19-34-23-12-10-21(11-13-23)20-8-4-3-5-9-20/h3-5,8-13,16-18H,6-7,14-15,19H2,1-2H3,(H,29,31)/b28-18+. The Bertz CT molecular complexity index is 1120. The van der Waals surface area contributed by atoms with Crippen molar-refractivity contribution in [2.75, 3.05) is 38.8 Å². The molecule has 176 valence electrons. The van der Waals surface area contributed by atoms with Gasteiger partial charge in [0.2, 0.25) is 0 Å². The van der Waals surface area contributed by atoms with E-state index in [9.17, 15) is 4.79 Å². The van der Waals surface area contributed by atoms with E-state index >= 15 is 0 Å². The molecule has 0 spiro atoms.